The van der Waals surface area contributed by atoms with Crippen molar-refractivity contribution in [2.75, 3.05) is 31.6 Å². The molecule has 2 atom stereocenters. The highest BCUT2D eigenvalue weighted by Crippen LogP contribution is 2.23. The van der Waals surface area contributed by atoms with Gasteiger partial charge >= 0.3 is 0 Å². The molecule has 0 saturated carbocycles. The van der Waals surface area contributed by atoms with Crippen molar-refractivity contribution in [2.24, 2.45) is 5.92 Å². The van der Waals surface area contributed by atoms with Crippen molar-refractivity contribution in [1.82, 2.24) is 10.2 Å². The summed E-state index contributed by atoms with van der Waals surface area (Å²) in [6.45, 7) is 4.96. The van der Waals surface area contributed by atoms with Crippen LogP contribution in [-0.4, -0.2) is 48.6 Å². The van der Waals surface area contributed by atoms with Crippen LogP contribution in [0.2, 0.25) is 0 Å². The van der Waals surface area contributed by atoms with E-state index in [1.54, 1.807) is 0 Å². The van der Waals surface area contributed by atoms with E-state index >= 15 is 0 Å². The highest BCUT2D eigenvalue weighted by molar-refractivity contribution is 7.99. The van der Waals surface area contributed by atoms with E-state index in [4.69, 9.17) is 0 Å². The van der Waals surface area contributed by atoms with Crippen molar-refractivity contribution in [3.05, 3.63) is 0 Å². The fourth-order valence-corrected chi connectivity index (χ4v) is 3.87. The van der Waals surface area contributed by atoms with Gasteiger partial charge < -0.3 is 10.2 Å². The first-order chi connectivity index (χ1) is 7.25. The summed E-state index contributed by atoms with van der Waals surface area (Å²) >= 11 is 2.10. The number of rotatable bonds is 3. The average Bonchev–Trinajstić information content (AvgIpc) is 2.71. The highest BCUT2D eigenvalue weighted by Gasteiger charge is 2.25. The normalized spacial score (nSPS) is 32.0. The first kappa shape index (κ1) is 11.7. The van der Waals surface area contributed by atoms with Crippen LogP contribution >= 0.6 is 11.8 Å². The summed E-state index contributed by atoms with van der Waals surface area (Å²) in [7, 11) is 2.24. The molecule has 2 fully saturated rings. The molecule has 3 heteroatoms. The van der Waals surface area contributed by atoms with Crippen LogP contribution in [-0.2, 0) is 0 Å². The first-order valence-corrected chi connectivity index (χ1v) is 7.43. The number of hydrogen-bond acceptors (Lipinski definition) is 3. The summed E-state index contributed by atoms with van der Waals surface area (Å²) in [4.78, 5) is 2.45. The van der Waals surface area contributed by atoms with Crippen LogP contribution in [0.1, 0.15) is 26.2 Å². The van der Waals surface area contributed by atoms with E-state index in [0.717, 1.165) is 18.0 Å². The SMILES string of the molecule is CC(NC1CCSC1)C1CCN(C)CC1. The maximum Gasteiger partial charge on any atom is 0.0168 e. The molecule has 0 amide bonds. The van der Waals surface area contributed by atoms with Crippen LogP contribution in [0.5, 0.6) is 0 Å². The molecule has 2 aliphatic heterocycles. The van der Waals surface area contributed by atoms with E-state index in [-0.39, 0.29) is 0 Å². The summed E-state index contributed by atoms with van der Waals surface area (Å²) in [6.07, 6.45) is 4.14. The van der Waals surface area contributed by atoms with Crippen LogP contribution < -0.4 is 5.32 Å². The van der Waals surface area contributed by atoms with Crippen LogP contribution in [0.25, 0.3) is 0 Å². The highest BCUT2D eigenvalue weighted by atomic mass is 32.2. The third-order valence-corrected chi connectivity index (χ3v) is 5.06. The van der Waals surface area contributed by atoms with E-state index in [1.165, 1.54) is 43.9 Å². The number of hydrogen-bond donors (Lipinski definition) is 1. The second-order valence-electron chi connectivity index (χ2n) is 5.16. The maximum atomic E-state index is 3.82. The third kappa shape index (κ3) is 3.36. The van der Waals surface area contributed by atoms with E-state index in [2.05, 4.69) is 35.9 Å². The van der Waals surface area contributed by atoms with Crippen LogP contribution in [0.15, 0.2) is 0 Å². The Kier molecular flexibility index (Phi) is 4.35. The number of nitrogens with one attached hydrogen (secondary N) is 1. The van der Waals surface area contributed by atoms with Crippen molar-refractivity contribution in [1.29, 1.82) is 0 Å². The molecule has 2 saturated heterocycles. The molecular weight excluding hydrogens is 204 g/mol. The summed E-state index contributed by atoms with van der Waals surface area (Å²) in [5.74, 6) is 3.60. The predicted molar refractivity (Wildman–Crippen MR) is 68.5 cm³/mol. The lowest BCUT2D eigenvalue weighted by Crippen LogP contribution is -2.44. The molecule has 0 aromatic rings. The Morgan fingerprint density at radius 3 is 2.60 bits per heavy atom. The molecule has 0 spiro atoms. The Bertz CT molecular complexity index is 184. The van der Waals surface area contributed by atoms with Crippen molar-refractivity contribution < 1.29 is 0 Å². The second kappa shape index (κ2) is 5.55. The molecule has 2 nitrogen and oxygen atoms in total. The van der Waals surface area contributed by atoms with Gasteiger partial charge in [0.2, 0.25) is 0 Å². The zero-order valence-corrected chi connectivity index (χ0v) is 10.9. The number of nitrogens with zero attached hydrogens (tertiary/aromatic N) is 1. The van der Waals surface area contributed by atoms with E-state index in [1.807, 2.05) is 0 Å². The minimum absolute atomic E-state index is 0.724. The lowest BCUT2D eigenvalue weighted by molar-refractivity contribution is 0.185. The number of piperidine rings is 1. The van der Waals surface area contributed by atoms with Gasteiger partial charge in [0.25, 0.3) is 0 Å². The molecule has 0 radical (unpaired) electrons. The lowest BCUT2D eigenvalue weighted by Gasteiger charge is -2.34. The number of likely N-dealkylation sites (tertiary alicyclic amines) is 1. The zero-order valence-electron chi connectivity index (χ0n) is 10.0. The Hall–Kier alpha value is 0.270. The summed E-state index contributed by atoms with van der Waals surface area (Å²) in [5, 5.41) is 3.82. The Labute approximate surface area is 98.2 Å². The van der Waals surface area contributed by atoms with Gasteiger partial charge in [-0.3, -0.25) is 0 Å². The molecule has 2 unspecified atom stereocenters. The van der Waals surface area contributed by atoms with Gasteiger partial charge in [0.05, 0.1) is 0 Å². The molecule has 0 aromatic heterocycles. The fraction of sp³-hybridized carbons (Fsp3) is 1.00. The third-order valence-electron chi connectivity index (χ3n) is 3.90. The molecular formula is C12H24N2S. The van der Waals surface area contributed by atoms with Crippen molar-refractivity contribution in [3.8, 4) is 0 Å². The lowest BCUT2D eigenvalue weighted by atomic mass is 9.90. The molecule has 0 aromatic carbocycles. The smallest absolute Gasteiger partial charge is 0.0168 e. The molecule has 2 aliphatic rings. The molecule has 15 heavy (non-hydrogen) atoms. The van der Waals surface area contributed by atoms with Gasteiger partial charge in [0, 0.05) is 17.8 Å². The predicted octanol–water partition coefficient (Wildman–Crippen LogP) is 1.81. The summed E-state index contributed by atoms with van der Waals surface area (Å²) in [6, 6.07) is 1.52. The molecule has 0 bridgehead atoms. The largest absolute Gasteiger partial charge is 0.310 e. The minimum Gasteiger partial charge on any atom is -0.310 e. The van der Waals surface area contributed by atoms with Gasteiger partial charge in [-0.15, -0.1) is 0 Å². The molecule has 2 heterocycles. The minimum atomic E-state index is 0.724. The summed E-state index contributed by atoms with van der Waals surface area (Å²) < 4.78 is 0. The molecule has 88 valence electrons. The van der Waals surface area contributed by atoms with E-state index in [0.29, 0.717) is 0 Å². The Morgan fingerprint density at radius 1 is 1.27 bits per heavy atom. The maximum absolute atomic E-state index is 3.82. The van der Waals surface area contributed by atoms with E-state index < -0.39 is 0 Å². The van der Waals surface area contributed by atoms with Gasteiger partial charge in [-0.1, -0.05) is 0 Å². The Balaban J connectivity index is 1.72. The topological polar surface area (TPSA) is 15.3 Å². The number of thioether (sulfide) groups is 1. The van der Waals surface area contributed by atoms with Crippen molar-refractivity contribution in [3.63, 3.8) is 0 Å². The monoisotopic (exact) mass is 228 g/mol. The molecule has 0 aliphatic carbocycles. The van der Waals surface area contributed by atoms with Crippen LogP contribution in [0, 0.1) is 5.92 Å². The van der Waals surface area contributed by atoms with Crippen molar-refractivity contribution in [2.45, 2.75) is 38.3 Å². The summed E-state index contributed by atoms with van der Waals surface area (Å²) in [5.41, 5.74) is 0. The standard InChI is InChI=1S/C12H24N2S/c1-10(13-12-5-8-15-9-12)11-3-6-14(2)7-4-11/h10-13H,3-9H2,1-2H3. The Morgan fingerprint density at radius 2 is 2.00 bits per heavy atom. The fourth-order valence-electron chi connectivity index (χ4n) is 2.70. The van der Waals surface area contributed by atoms with Gasteiger partial charge in [-0.05, 0) is 58.0 Å². The van der Waals surface area contributed by atoms with E-state index in [9.17, 15) is 0 Å². The van der Waals surface area contributed by atoms with Gasteiger partial charge in [-0.2, -0.15) is 11.8 Å². The van der Waals surface area contributed by atoms with Crippen LogP contribution in [0.3, 0.4) is 0 Å². The van der Waals surface area contributed by atoms with Crippen molar-refractivity contribution >= 4 is 11.8 Å². The van der Waals surface area contributed by atoms with Gasteiger partial charge in [-0.25, -0.2) is 0 Å². The average molecular weight is 228 g/mol. The van der Waals surface area contributed by atoms with Gasteiger partial charge in [0.1, 0.15) is 0 Å². The van der Waals surface area contributed by atoms with Crippen LogP contribution in [0.4, 0.5) is 0 Å². The molecule has 1 N–H and O–H groups in total. The first-order valence-electron chi connectivity index (χ1n) is 6.28. The quantitative estimate of drug-likeness (QED) is 0.793. The van der Waals surface area contributed by atoms with Gasteiger partial charge in [0.15, 0.2) is 0 Å². The molecule has 2 rings (SSSR count). The zero-order chi connectivity index (χ0) is 10.7. The second-order valence-corrected chi connectivity index (χ2v) is 6.31.